The first kappa shape index (κ1) is 15.8. The summed E-state index contributed by atoms with van der Waals surface area (Å²) in [5.74, 6) is -1.99. The molecule has 6 nitrogen and oxygen atoms in total. The molecular weight excluding hydrogens is 301 g/mol. The Balaban J connectivity index is 2.15. The summed E-state index contributed by atoms with van der Waals surface area (Å²) in [7, 11) is 0.951. The lowest BCUT2D eigenvalue weighted by atomic mass is 10.2. The number of aryl methyl sites for hydroxylation is 1. The summed E-state index contributed by atoms with van der Waals surface area (Å²) in [5, 5.41) is 5.64. The molecule has 9 heteroatoms. The van der Waals surface area contributed by atoms with Gasteiger partial charge in [-0.3, -0.25) is 9.36 Å². The van der Waals surface area contributed by atoms with Crippen LogP contribution in [0, 0.1) is 6.92 Å². The van der Waals surface area contributed by atoms with Crippen LogP contribution in [0.1, 0.15) is 11.4 Å². The van der Waals surface area contributed by atoms with Gasteiger partial charge in [0.2, 0.25) is 11.7 Å². The van der Waals surface area contributed by atoms with Crippen LogP contribution in [0.25, 0.3) is 0 Å². The van der Waals surface area contributed by atoms with Gasteiger partial charge in [0.15, 0.2) is 0 Å². The number of hydrogen-bond donors (Lipinski definition) is 1. The minimum atomic E-state index is -4.76. The Morgan fingerprint density at radius 2 is 1.86 bits per heavy atom. The average Bonchev–Trinajstić information content (AvgIpc) is 2.69. The Morgan fingerprint density at radius 3 is 2.36 bits per heavy atom. The second-order valence-electron chi connectivity index (χ2n) is 4.73. The van der Waals surface area contributed by atoms with E-state index in [-0.39, 0.29) is 0 Å². The third kappa shape index (κ3) is 3.35. The summed E-state index contributed by atoms with van der Waals surface area (Å²) in [6, 6.07) is 6.83. The molecule has 22 heavy (non-hydrogen) atoms. The van der Waals surface area contributed by atoms with Gasteiger partial charge in [-0.2, -0.15) is 13.2 Å². The number of benzene rings is 1. The van der Waals surface area contributed by atoms with Gasteiger partial charge in [0, 0.05) is 12.7 Å². The maximum Gasteiger partial charge on any atom is 0.451 e. The molecule has 0 saturated heterocycles. The van der Waals surface area contributed by atoms with E-state index in [1.165, 1.54) is 0 Å². The molecule has 0 spiro atoms. The molecule has 1 aromatic carbocycles. The van der Waals surface area contributed by atoms with E-state index in [1.807, 2.05) is 6.92 Å². The Bertz CT molecular complexity index is 744. The number of aromatic nitrogens is 3. The molecule has 2 aromatic rings. The van der Waals surface area contributed by atoms with Crippen LogP contribution >= 0.6 is 0 Å². The standard InChI is InChI=1S/C13H13F3N4O2/c1-8-3-5-9(6-4-8)17-10(21)7-20-12(22)19(2)11(18-20)13(14,15)16/h3-6H,7H2,1-2H3,(H,17,21). The van der Waals surface area contributed by atoms with Gasteiger partial charge in [-0.1, -0.05) is 17.7 Å². The lowest BCUT2D eigenvalue weighted by molar-refractivity contribution is -0.147. The van der Waals surface area contributed by atoms with E-state index in [0.29, 0.717) is 14.9 Å². The van der Waals surface area contributed by atoms with Crippen molar-refractivity contribution in [3.63, 3.8) is 0 Å². The van der Waals surface area contributed by atoms with Gasteiger partial charge in [-0.15, -0.1) is 5.10 Å². The minimum absolute atomic E-state index is 0.360. The molecule has 0 unspecified atom stereocenters. The van der Waals surface area contributed by atoms with Gasteiger partial charge in [-0.25, -0.2) is 9.48 Å². The number of amides is 1. The fourth-order valence-corrected chi connectivity index (χ4v) is 1.81. The molecule has 1 heterocycles. The smallest absolute Gasteiger partial charge is 0.324 e. The highest BCUT2D eigenvalue weighted by molar-refractivity contribution is 5.90. The topological polar surface area (TPSA) is 68.9 Å². The van der Waals surface area contributed by atoms with Crippen molar-refractivity contribution >= 4 is 11.6 Å². The molecular formula is C13H13F3N4O2. The maximum absolute atomic E-state index is 12.6. The van der Waals surface area contributed by atoms with Gasteiger partial charge in [0.1, 0.15) is 6.54 Å². The molecule has 1 aromatic heterocycles. The zero-order valence-electron chi connectivity index (χ0n) is 11.8. The zero-order valence-corrected chi connectivity index (χ0v) is 11.8. The molecule has 1 amide bonds. The number of anilines is 1. The highest BCUT2D eigenvalue weighted by Gasteiger charge is 2.38. The van der Waals surface area contributed by atoms with Crippen molar-refractivity contribution < 1.29 is 18.0 Å². The molecule has 0 atom stereocenters. The van der Waals surface area contributed by atoms with Gasteiger partial charge in [0.25, 0.3) is 0 Å². The summed E-state index contributed by atoms with van der Waals surface area (Å²) < 4.78 is 38.7. The number of rotatable bonds is 3. The molecule has 0 bridgehead atoms. The van der Waals surface area contributed by atoms with Crippen molar-refractivity contribution in [2.24, 2.45) is 7.05 Å². The predicted molar refractivity (Wildman–Crippen MR) is 72.3 cm³/mol. The maximum atomic E-state index is 12.6. The first-order valence-electron chi connectivity index (χ1n) is 6.26. The van der Waals surface area contributed by atoms with Crippen LogP contribution in [0.2, 0.25) is 0 Å². The van der Waals surface area contributed by atoms with Crippen LogP contribution in [0.15, 0.2) is 29.1 Å². The van der Waals surface area contributed by atoms with Crippen molar-refractivity contribution in [2.75, 3.05) is 5.32 Å². The molecule has 0 aliphatic carbocycles. The largest absolute Gasteiger partial charge is 0.451 e. The lowest BCUT2D eigenvalue weighted by Gasteiger charge is -2.05. The third-order valence-electron chi connectivity index (χ3n) is 2.92. The molecule has 1 N–H and O–H groups in total. The monoisotopic (exact) mass is 314 g/mol. The summed E-state index contributed by atoms with van der Waals surface area (Å²) in [6.45, 7) is 1.27. The average molecular weight is 314 g/mol. The zero-order chi connectivity index (χ0) is 16.5. The van der Waals surface area contributed by atoms with Crippen LogP contribution in [0.5, 0.6) is 0 Å². The SMILES string of the molecule is Cc1ccc(NC(=O)Cn2nc(C(F)(F)F)n(C)c2=O)cc1. The van der Waals surface area contributed by atoms with Crippen molar-refractivity contribution in [3.8, 4) is 0 Å². The Hall–Kier alpha value is -2.58. The van der Waals surface area contributed by atoms with E-state index in [9.17, 15) is 22.8 Å². The van der Waals surface area contributed by atoms with E-state index in [2.05, 4.69) is 10.4 Å². The third-order valence-corrected chi connectivity index (χ3v) is 2.92. The van der Waals surface area contributed by atoms with E-state index in [4.69, 9.17) is 0 Å². The summed E-state index contributed by atoms with van der Waals surface area (Å²) in [4.78, 5) is 23.4. The Labute approximate surface area is 123 Å². The number of carbonyl (C=O) groups is 1. The molecule has 118 valence electrons. The van der Waals surface area contributed by atoms with Crippen molar-refractivity contribution in [2.45, 2.75) is 19.6 Å². The second-order valence-corrected chi connectivity index (χ2v) is 4.73. The number of nitrogens with one attached hydrogen (secondary N) is 1. The van der Waals surface area contributed by atoms with Crippen LogP contribution in [-0.4, -0.2) is 20.3 Å². The number of nitrogens with zero attached hydrogens (tertiary/aromatic N) is 3. The van der Waals surface area contributed by atoms with Crippen molar-refractivity contribution in [1.82, 2.24) is 14.3 Å². The fourth-order valence-electron chi connectivity index (χ4n) is 1.81. The van der Waals surface area contributed by atoms with E-state index in [1.54, 1.807) is 24.3 Å². The Morgan fingerprint density at radius 1 is 1.27 bits per heavy atom. The fraction of sp³-hybridized carbons (Fsp3) is 0.308. The van der Waals surface area contributed by atoms with E-state index >= 15 is 0 Å². The van der Waals surface area contributed by atoms with Gasteiger partial charge < -0.3 is 5.32 Å². The van der Waals surface area contributed by atoms with Gasteiger partial charge in [0.05, 0.1) is 0 Å². The number of carbonyl (C=O) groups excluding carboxylic acids is 1. The van der Waals surface area contributed by atoms with Crippen LogP contribution in [-0.2, 0) is 24.6 Å². The first-order valence-corrected chi connectivity index (χ1v) is 6.26. The van der Waals surface area contributed by atoms with E-state index in [0.717, 1.165) is 12.6 Å². The highest BCUT2D eigenvalue weighted by Crippen LogP contribution is 2.25. The molecule has 0 aliphatic rings. The van der Waals surface area contributed by atoms with Crippen LogP contribution in [0.3, 0.4) is 0 Å². The number of halogens is 3. The molecule has 0 radical (unpaired) electrons. The van der Waals surface area contributed by atoms with Crippen molar-refractivity contribution in [3.05, 3.63) is 46.1 Å². The van der Waals surface area contributed by atoms with Gasteiger partial charge >= 0.3 is 11.9 Å². The predicted octanol–water partition coefficient (Wildman–Crippen LogP) is 1.55. The van der Waals surface area contributed by atoms with E-state index < -0.39 is 30.1 Å². The highest BCUT2D eigenvalue weighted by atomic mass is 19.4. The molecule has 0 fully saturated rings. The molecule has 0 saturated carbocycles. The van der Waals surface area contributed by atoms with Gasteiger partial charge in [-0.05, 0) is 19.1 Å². The number of alkyl halides is 3. The van der Waals surface area contributed by atoms with Crippen molar-refractivity contribution in [1.29, 1.82) is 0 Å². The quantitative estimate of drug-likeness (QED) is 0.934. The van der Waals surface area contributed by atoms with Crippen LogP contribution < -0.4 is 11.0 Å². The van der Waals surface area contributed by atoms with Crippen LogP contribution in [0.4, 0.5) is 18.9 Å². The summed E-state index contributed by atoms with van der Waals surface area (Å²) in [6.07, 6.45) is -4.76. The normalized spacial score (nSPS) is 11.5. The minimum Gasteiger partial charge on any atom is -0.324 e. The summed E-state index contributed by atoms with van der Waals surface area (Å²) >= 11 is 0. The lowest BCUT2D eigenvalue weighted by Crippen LogP contribution is -2.29. The summed E-state index contributed by atoms with van der Waals surface area (Å²) in [5.41, 5.74) is 0.468. The number of hydrogen-bond acceptors (Lipinski definition) is 3. The molecule has 2 rings (SSSR count). The first-order chi connectivity index (χ1) is 10.2. The molecule has 0 aliphatic heterocycles. The Kier molecular flexibility index (Phi) is 4.07. The second kappa shape index (κ2) is 5.66.